The summed E-state index contributed by atoms with van der Waals surface area (Å²) in [4.78, 5) is 0. The van der Waals surface area contributed by atoms with Crippen molar-refractivity contribution in [1.82, 2.24) is 10.9 Å². The van der Waals surface area contributed by atoms with Crippen molar-refractivity contribution < 1.29 is 0 Å². The maximum Gasteiger partial charge on any atom is 0.0361 e. The molecule has 0 aromatic rings. The second-order valence-electron chi connectivity index (χ2n) is 2.86. The van der Waals surface area contributed by atoms with Crippen molar-refractivity contribution in [1.29, 1.82) is 0 Å². The molecular formula is C8H12N2. The highest BCUT2D eigenvalue weighted by atomic mass is 15.4. The fraction of sp³-hybridized carbons (Fsp3) is 0.500. The summed E-state index contributed by atoms with van der Waals surface area (Å²) in [5, 5.41) is 0. The van der Waals surface area contributed by atoms with Crippen molar-refractivity contribution in [2.75, 3.05) is 0 Å². The van der Waals surface area contributed by atoms with Gasteiger partial charge in [0, 0.05) is 12.2 Å². The molecule has 2 unspecified atom stereocenters. The summed E-state index contributed by atoms with van der Waals surface area (Å²) in [5.74, 6) is 0.714. The Labute approximate surface area is 61.0 Å². The molecule has 0 radical (unpaired) electrons. The van der Waals surface area contributed by atoms with E-state index in [1.807, 2.05) is 6.20 Å². The minimum Gasteiger partial charge on any atom is -0.329 e. The van der Waals surface area contributed by atoms with Crippen LogP contribution < -0.4 is 10.9 Å². The van der Waals surface area contributed by atoms with E-state index in [-0.39, 0.29) is 0 Å². The highest BCUT2D eigenvalue weighted by Crippen LogP contribution is 2.20. The lowest BCUT2D eigenvalue weighted by Gasteiger charge is -2.30. The van der Waals surface area contributed by atoms with Gasteiger partial charge in [-0.15, -0.1) is 0 Å². The third-order valence-electron chi connectivity index (χ3n) is 2.18. The third kappa shape index (κ3) is 0.948. The van der Waals surface area contributed by atoms with Gasteiger partial charge in [0.2, 0.25) is 0 Å². The Morgan fingerprint density at radius 1 is 1.20 bits per heavy atom. The molecule has 2 heteroatoms. The van der Waals surface area contributed by atoms with Gasteiger partial charge in [-0.05, 0) is 18.8 Å². The summed E-state index contributed by atoms with van der Waals surface area (Å²) in [5.41, 5.74) is 6.25. The molecule has 0 saturated carbocycles. The zero-order valence-corrected chi connectivity index (χ0v) is 5.88. The van der Waals surface area contributed by atoms with Gasteiger partial charge in [0.1, 0.15) is 0 Å². The Bertz CT molecular complexity index is 172. The van der Waals surface area contributed by atoms with E-state index in [2.05, 4.69) is 29.1 Å². The van der Waals surface area contributed by atoms with E-state index in [1.165, 1.54) is 6.42 Å². The number of allylic oxidation sites excluding steroid dienone is 1. The number of rotatable bonds is 0. The number of hydrazine groups is 1. The second kappa shape index (κ2) is 2.46. The van der Waals surface area contributed by atoms with Gasteiger partial charge < -0.3 is 5.43 Å². The molecule has 0 fully saturated rings. The van der Waals surface area contributed by atoms with Gasteiger partial charge in [-0.25, -0.2) is 5.43 Å². The van der Waals surface area contributed by atoms with E-state index in [0.29, 0.717) is 12.0 Å². The van der Waals surface area contributed by atoms with Crippen molar-refractivity contribution in [2.45, 2.75) is 18.9 Å². The molecule has 0 amide bonds. The quantitative estimate of drug-likeness (QED) is 0.484. The Morgan fingerprint density at radius 2 is 2.10 bits per heavy atom. The van der Waals surface area contributed by atoms with Crippen molar-refractivity contribution in [2.24, 2.45) is 5.92 Å². The average molecular weight is 136 g/mol. The molecule has 1 heterocycles. The van der Waals surface area contributed by atoms with Gasteiger partial charge in [0.15, 0.2) is 0 Å². The molecule has 0 aromatic heterocycles. The lowest BCUT2D eigenvalue weighted by molar-refractivity contribution is 0.354. The van der Waals surface area contributed by atoms with Crippen LogP contribution in [0.4, 0.5) is 0 Å². The first-order valence-corrected chi connectivity index (χ1v) is 3.79. The highest BCUT2D eigenvalue weighted by Gasteiger charge is 2.20. The molecule has 0 spiro atoms. The van der Waals surface area contributed by atoms with Gasteiger partial charge >= 0.3 is 0 Å². The summed E-state index contributed by atoms with van der Waals surface area (Å²) in [6.07, 6.45) is 11.1. The zero-order chi connectivity index (χ0) is 6.81. The molecule has 0 aromatic carbocycles. The Morgan fingerprint density at radius 3 is 3.00 bits per heavy atom. The number of nitrogens with one attached hydrogen (secondary N) is 2. The summed E-state index contributed by atoms with van der Waals surface area (Å²) >= 11 is 0. The molecule has 2 aliphatic rings. The lowest BCUT2D eigenvalue weighted by atomic mass is 9.89. The highest BCUT2D eigenvalue weighted by molar-refractivity contribution is 5.06. The third-order valence-corrected chi connectivity index (χ3v) is 2.18. The number of hydrogen-bond donors (Lipinski definition) is 2. The van der Waals surface area contributed by atoms with Crippen LogP contribution in [-0.2, 0) is 0 Å². The minimum atomic E-state index is 0.620. The normalized spacial score (nSPS) is 36.8. The van der Waals surface area contributed by atoms with Gasteiger partial charge in [-0.2, -0.15) is 0 Å². The fourth-order valence-corrected chi connectivity index (χ4v) is 1.54. The van der Waals surface area contributed by atoms with Crippen LogP contribution in [-0.4, -0.2) is 6.04 Å². The van der Waals surface area contributed by atoms with Crippen molar-refractivity contribution in [3.8, 4) is 0 Å². The first-order valence-electron chi connectivity index (χ1n) is 3.79. The molecular weight excluding hydrogens is 124 g/mol. The first kappa shape index (κ1) is 5.98. The van der Waals surface area contributed by atoms with Crippen LogP contribution in [0, 0.1) is 5.92 Å². The summed E-state index contributed by atoms with van der Waals surface area (Å²) in [7, 11) is 0. The van der Waals surface area contributed by atoms with Crippen LogP contribution >= 0.6 is 0 Å². The Hall–Kier alpha value is -0.760. The maximum atomic E-state index is 3.23. The smallest absolute Gasteiger partial charge is 0.0361 e. The number of fused-ring (bicyclic) bond motifs is 1. The van der Waals surface area contributed by atoms with Crippen LogP contribution in [0.3, 0.4) is 0 Å². The predicted molar refractivity (Wildman–Crippen MR) is 41.1 cm³/mol. The van der Waals surface area contributed by atoms with Crippen LogP contribution in [0.1, 0.15) is 12.8 Å². The molecule has 2 rings (SSSR count). The summed E-state index contributed by atoms with van der Waals surface area (Å²) < 4.78 is 0. The minimum absolute atomic E-state index is 0.620. The molecule has 2 nitrogen and oxygen atoms in total. The van der Waals surface area contributed by atoms with E-state index in [4.69, 9.17) is 0 Å². The van der Waals surface area contributed by atoms with E-state index in [0.717, 1.165) is 6.42 Å². The van der Waals surface area contributed by atoms with Crippen LogP contribution in [0.5, 0.6) is 0 Å². The molecule has 10 heavy (non-hydrogen) atoms. The maximum absolute atomic E-state index is 3.23. The first-order chi connectivity index (χ1) is 4.97. The molecule has 54 valence electrons. The van der Waals surface area contributed by atoms with Crippen LogP contribution in [0.15, 0.2) is 24.4 Å². The van der Waals surface area contributed by atoms with Gasteiger partial charge in [-0.3, -0.25) is 0 Å². The molecule has 2 atom stereocenters. The van der Waals surface area contributed by atoms with E-state index in [1.54, 1.807) is 0 Å². The predicted octanol–water partition coefficient (Wildman–Crippen LogP) is 0.943. The Balaban J connectivity index is 2.12. The topological polar surface area (TPSA) is 24.1 Å². The zero-order valence-electron chi connectivity index (χ0n) is 5.88. The molecule has 1 aliphatic heterocycles. The second-order valence-corrected chi connectivity index (χ2v) is 2.86. The molecule has 0 bridgehead atoms. The Kier molecular flexibility index (Phi) is 1.47. The molecule has 2 N–H and O–H groups in total. The standard InChI is InChI=1S/C8H12N2/c1-2-4-8-7(3-1)5-6-9-10-8/h1-2,5-10H,3-4H2. The van der Waals surface area contributed by atoms with E-state index in [9.17, 15) is 0 Å². The van der Waals surface area contributed by atoms with E-state index >= 15 is 0 Å². The lowest BCUT2D eigenvalue weighted by Crippen LogP contribution is -2.45. The SMILES string of the molecule is C1=CCC2NNC=CC2C1. The van der Waals surface area contributed by atoms with Crippen molar-refractivity contribution in [3.05, 3.63) is 24.4 Å². The van der Waals surface area contributed by atoms with Gasteiger partial charge in [0.25, 0.3) is 0 Å². The van der Waals surface area contributed by atoms with Gasteiger partial charge in [0.05, 0.1) is 0 Å². The summed E-state index contributed by atoms with van der Waals surface area (Å²) in [6, 6.07) is 0.620. The molecule has 1 aliphatic carbocycles. The number of hydrogen-bond acceptors (Lipinski definition) is 2. The van der Waals surface area contributed by atoms with Crippen LogP contribution in [0.2, 0.25) is 0 Å². The van der Waals surface area contributed by atoms with Crippen molar-refractivity contribution >= 4 is 0 Å². The fourth-order valence-electron chi connectivity index (χ4n) is 1.54. The van der Waals surface area contributed by atoms with Crippen LogP contribution in [0.25, 0.3) is 0 Å². The summed E-state index contributed by atoms with van der Waals surface area (Å²) in [6.45, 7) is 0. The van der Waals surface area contributed by atoms with Gasteiger partial charge in [-0.1, -0.05) is 18.2 Å². The largest absolute Gasteiger partial charge is 0.329 e. The monoisotopic (exact) mass is 136 g/mol. The van der Waals surface area contributed by atoms with E-state index < -0.39 is 0 Å². The van der Waals surface area contributed by atoms with Crippen molar-refractivity contribution in [3.63, 3.8) is 0 Å². The molecule has 0 saturated heterocycles. The average Bonchev–Trinajstić information content (AvgIpc) is 2.05.